The van der Waals surface area contributed by atoms with Gasteiger partial charge in [-0.1, -0.05) is 6.07 Å². The number of nitrogens with one attached hydrogen (secondary N) is 1. The highest BCUT2D eigenvalue weighted by molar-refractivity contribution is 5.97. The summed E-state index contributed by atoms with van der Waals surface area (Å²) >= 11 is 0. The summed E-state index contributed by atoms with van der Waals surface area (Å²) in [7, 11) is 2.97. The van der Waals surface area contributed by atoms with Gasteiger partial charge in [0, 0.05) is 25.6 Å². The Morgan fingerprint density at radius 3 is 2.71 bits per heavy atom. The Kier molecular flexibility index (Phi) is 5.75. The summed E-state index contributed by atoms with van der Waals surface area (Å²) in [5.74, 6) is -1.45. The maximum Gasteiger partial charge on any atom is 0.326 e. The zero-order chi connectivity index (χ0) is 17.7. The van der Waals surface area contributed by atoms with Crippen LogP contribution in [0.2, 0.25) is 0 Å². The molecule has 1 fully saturated rings. The van der Waals surface area contributed by atoms with E-state index in [1.807, 2.05) is 0 Å². The minimum Gasteiger partial charge on any atom is -0.497 e. The van der Waals surface area contributed by atoms with Crippen molar-refractivity contribution >= 4 is 17.8 Å². The van der Waals surface area contributed by atoms with Gasteiger partial charge in [0.2, 0.25) is 5.91 Å². The van der Waals surface area contributed by atoms with Crippen molar-refractivity contribution in [1.29, 1.82) is 0 Å². The lowest BCUT2D eigenvalue weighted by Crippen LogP contribution is -2.45. The molecule has 0 bridgehead atoms. The van der Waals surface area contributed by atoms with Gasteiger partial charge in [-0.2, -0.15) is 0 Å². The fraction of sp³-hybridized carbons (Fsp3) is 0.438. The molecule has 0 radical (unpaired) electrons. The first-order chi connectivity index (χ1) is 11.5. The van der Waals surface area contributed by atoms with Gasteiger partial charge in [0.15, 0.2) is 0 Å². The van der Waals surface area contributed by atoms with Crippen LogP contribution in [0.25, 0.3) is 0 Å². The monoisotopic (exact) mass is 336 g/mol. The number of carbonyl (C=O) groups excluding carboxylic acids is 2. The summed E-state index contributed by atoms with van der Waals surface area (Å²) in [6, 6.07) is 5.58. The molecule has 1 aliphatic heterocycles. The van der Waals surface area contributed by atoms with Crippen molar-refractivity contribution in [3.8, 4) is 5.75 Å². The van der Waals surface area contributed by atoms with Crippen LogP contribution in [-0.2, 0) is 14.3 Å². The maximum atomic E-state index is 12.2. The van der Waals surface area contributed by atoms with Crippen LogP contribution in [0, 0.1) is 0 Å². The molecule has 2 rings (SSSR count). The Balaban J connectivity index is 1.96. The lowest BCUT2D eigenvalue weighted by Gasteiger charge is -2.21. The summed E-state index contributed by atoms with van der Waals surface area (Å²) in [5, 5.41) is 11.7. The summed E-state index contributed by atoms with van der Waals surface area (Å²) in [6.07, 6.45) is -0.0781. The predicted octanol–water partition coefficient (Wildman–Crippen LogP) is 0.126. The Bertz CT molecular complexity index is 633. The average Bonchev–Trinajstić information content (AvgIpc) is 3.04. The molecule has 2 atom stereocenters. The van der Waals surface area contributed by atoms with E-state index in [-0.39, 0.29) is 25.6 Å². The normalized spacial score (nSPS) is 19.8. The molecule has 1 aliphatic rings. The van der Waals surface area contributed by atoms with Crippen LogP contribution in [0.5, 0.6) is 5.75 Å². The van der Waals surface area contributed by atoms with Gasteiger partial charge in [-0.3, -0.25) is 9.59 Å². The molecular formula is C16H20N2O6. The number of rotatable bonds is 6. The lowest BCUT2D eigenvalue weighted by atomic mass is 10.2. The van der Waals surface area contributed by atoms with Crippen molar-refractivity contribution in [2.24, 2.45) is 0 Å². The van der Waals surface area contributed by atoms with E-state index >= 15 is 0 Å². The molecular weight excluding hydrogens is 316 g/mol. The number of carboxylic acids is 1. The third kappa shape index (κ3) is 4.02. The van der Waals surface area contributed by atoms with Crippen molar-refractivity contribution in [2.45, 2.75) is 18.6 Å². The van der Waals surface area contributed by atoms with Crippen molar-refractivity contribution < 1.29 is 29.0 Å². The fourth-order valence-corrected chi connectivity index (χ4v) is 2.60. The van der Waals surface area contributed by atoms with E-state index in [2.05, 4.69) is 5.32 Å². The first-order valence-corrected chi connectivity index (χ1v) is 7.43. The van der Waals surface area contributed by atoms with Gasteiger partial charge in [0.25, 0.3) is 5.91 Å². The number of nitrogens with zero attached hydrogens (tertiary/aromatic N) is 1. The number of likely N-dealkylation sites (tertiary alicyclic amines) is 1. The minimum atomic E-state index is -1.08. The van der Waals surface area contributed by atoms with E-state index in [9.17, 15) is 19.5 Å². The van der Waals surface area contributed by atoms with Gasteiger partial charge in [-0.15, -0.1) is 0 Å². The second-order valence-corrected chi connectivity index (χ2v) is 5.41. The van der Waals surface area contributed by atoms with Crippen LogP contribution in [0.3, 0.4) is 0 Å². The fourth-order valence-electron chi connectivity index (χ4n) is 2.60. The zero-order valence-corrected chi connectivity index (χ0v) is 13.5. The number of methoxy groups -OCH3 is 2. The molecule has 8 nitrogen and oxygen atoms in total. The summed E-state index contributed by atoms with van der Waals surface area (Å²) in [5.41, 5.74) is 0.355. The number of carboxylic acid groups (broad SMARTS) is 1. The maximum absolute atomic E-state index is 12.2. The van der Waals surface area contributed by atoms with E-state index in [0.717, 1.165) is 0 Å². The van der Waals surface area contributed by atoms with Gasteiger partial charge in [0.1, 0.15) is 11.8 Å². The van der Waals surface area contributed by atoms with Crippen LogP contribution >= 0.6 is 0 Å². The molecule has 0 aromatic heterocycles. The molecule has 0 saturated carbocycles. The highest BCUT2D eigenvalue weighted by atomic mass is 16.5. The number of aliphatic carboxylic acids is 1. The molecule has 1 aromatic rings. The first kappa shape index (κ1) is 17.7. The van der Waals surface area contributed by atoms with E-state index in [0.29, 0.717) is 11.3 Å². The summed E-state index contributed by atoms with van der Waals surface area (Å²) in [4.78, 5) is 36.8. The molecule has 2 amide bonds. The molecule has 0 aliphatic carbocycles. The number of benzene rings is 1. The predicted molar refractivity (Wildman–Crippen MR) is 83.9 cm³/mol. The largest absolute Gasteiger partial charge is 0.497 e. The standard InChI is InChI=1S/C16H20N2O6/c1-23-11-5-3-4-10(6-11)15(20)17-8-14(19)18-9-12(24-2)7-13(18)16(21)22/h3-6,12-13H,7-9H2,1-2H3,(H,17,20)(H,21,22). The second-order valence-electron chi connectivity index (χ2n) is 5.41. The Morgan fingerprint density at radius 1 is 1.33 bits per heavy atom. The molecule has 1 aromatic carbocycles. The topological polar surface area (TPSA) is 105 Å². The van der Waals surface area contributed by atoms with Crippen molar-refractivity contribution in [1.82, 2.24) is 10.2 Å². The highest BCUT2D eigenvalue weighted by Gasteiger charge is 2.39. The van der Waals surface area contributed by atoms with E-state index in [1.54, 1.807) is 24.3 Å². The second kappa shape index (κ2) is 7.78. The number of carbonyl (C=O) groups is 3. The van der Waals surface area contributed by atoms with Gasteiger partial charge in [0.05, 0.1) is 19.8 Å². The lowest BCUT2D eigenvalue weighted by molar-refractivity contribution is -0.147. The van der Waals surface area contributed by atoms with Crippen molar-refractivity contribution in [3.05, 3.63) is 29.8 Å². The Morgan fingerprint density at radius 2 is 2.08 bits per heavy atom. The van der Waals surface area contributed by atoms with Crippen LogP contribution in [-0.4, -0.2) is 67.2 Å². The quantitative estimate of drug-likeness (QED) is 0.765. The van der Waals surface area contributed by atoms with E-state index in [1.165, 1.54) is 19.1 Å². The molecule has 8 heteroatoms. The van der Waals surface area contributed by atoms with E-state index < -0.39 is 23.8 Å². The summed E-state index contributed by atoms with van der Waals surface area (Å²) < 4.78 is 10.2. The zero-order valence-electron chi connectivity index (χ0n) is 13.5. The van der Waals surface area contributed by atoms with Gasteiger partial charge in [-0.25, -0.2) is 4.79 Å². The SMILES string of the molecule is COc1cccc(C(=O)NCC(=O)N2CC(OC)CC2C(=O)O)c1. The summed E-state index contributed by atoms with van der Waals surface area (Å²) in [6.45, 7) is -0.0857. The molecule has 2 unspecified atom stereocenters. The minimum absolute atomic E-state index is 0.196. The van der Waals surface area contributed by atoms with Crippen molar-refractivity contribution in [2.75, 3.05) is 27.3 Å². The van der Waals surface area contributed by atoms with Gasteiger partial charge in [-0.05, 0) is 18.2 Å². The van der Waals surface area contributed by atoms with Crippen LogP contribution < -0.4 is 10.1 Å². The smallest absolute Gasteiger partial charge is 0.326 e. The number of hydrogen-bond acceptors (Lipinski definition) is 5. The third-order valence-corrected chi connectivity index (χ3v) is 3.93. The number of hydrogen-bond donors (Lipinski definition) is 2. The molecule has 24 heavy (non-hydrogen) atoms. The Labute approximate surface area is 139 Å². The molecule has 1 saturated heterocycles. The molecule has 2 N–H and O–H groups in total. The number of ether oxygens (including phenoxy) is 2. The van der Waals surface area contributed by atoms with Crippen LogP contribution in [0.15, 0.2) is 24.3 Å². The van der Waals surface area contributed by atoms with Crippen LogP contribution in [0.1, 0.15) is 16.8 Å². The molecule has 0 spiro atoms. The highest BCUT2D eigenvalue weighted by Crippen LogP contribution is 2.20. The number of amides is 2. The van der Waals surface area contributed by atoms with E-state index in [4.69, 9.17) is 9.47 Å². The average molecular weight is 336 g/mol. The van der Waals surface area contributed by atoms with Crippen molar-refractivity contribution in [3.63, 3.8) is 0 Å². The van der Waals surface area contributed by atoms with Gasteiger partial charge < -0.3 is 24.8 Å². The van der Waals surface area contributed by atoms with Crippen LogP contribution in [0.4, 0.5) is 0 Å². The molecule has 1 heterocycles. The Hall–Kier alpha value is -2.61. The third-order valence-electron chi connectivity index (χ3n) is 3.93. The molecule has 130 valence electrons. The van der Waals surface area contributed by atoms with Gasteiger partial charge >= 0.3 is 5.97 Å². The first-order valence-electron chi connectivity index (χ1n) is 7.43.